The smallest absolute Gasteiger partial charge is 0.253 e. The zero-order chi connectivity index (χ0) is 27.5. The Balaban J connectivity index is 1.35. The molecule has 6 rings (SSSR count). The Morgan fingerprint density at radius 2 is 1.65 bits per heavy atom. The van der Waals surface area contributed by atoms with Gasteiger partial charge in [-0.05, 0) is 64.5 Å². The molecule has 3 heterocycles. The van der Waals surface area contributed by atoms with E-state index in [1.54, 1.807) is 14.2 Å². The lowest BCUT2D eigenvalue weighted by atomic mass is 9.93. The Bertz CT molecular complexity index is 1490. The zero-order valence-electron chi connectivity index (χ0n) is 23.3. The van der Waals surface area contributed by atoms with E-state index in [0.717, 1.165) is 48.4 Å². The second-order valence-corrected chi connectivity index (χ2v) is 10.8. The zero-order valence-corrected chi connectivity index (χ0v) is 23.3. The molecular weight excluding hydrogens is 506 g/mol. The molecule has 1 aliphatic heterocycles. The topological polar surface area (TPSA) is 101 Å². The lowest BCUT2D eigenvalue weighted by molar-refractivity contribution is 0.0618. The van der Waals surface area contributed by atoms with E-state index in [0.29, 0.717) is 29.7 Å². The van der Waals surface area contributed by atoms with Crippen molar-refractivity contribution in [3.05, 3.63) is 75.8 Å². The third-order valence-corrected chi connectivity index (χ3v) is 8.48. The maximum Gasteiger partial charge on any atom is 0.253 e. The molecule has 0 radical (unpaired) electrons. The van der Waals surface area contributed by atoms with Gasteiger partial charge in [0.25, 0.3) is 5.56 Å². The van der Waals surface area contributed by atoms with Crippen molar-refractivity contribution in [2.24, 2.45) is 0 Å². The first kappa shape index (κ1) is 26.5. The van der Waals surface area contributed by atoms with E-state index in [1.165, 1.54) is 32.1 Å². The minimum absolute atomic E-state index is 0.139. The molecule has 1 N–H and O–H groups in total. The molecule has 1 aliphatic carbocycles. The first-order valence-corrected chi connectivity index (χ1v) is 14.2. The summed E-state index contributed by atoms with van der Waals surface area (Å²) in [4.78, 5) is 21.7. The van der Waals surface area contributed by atoms with E-state index in [2.05, 4.69) is 30.3 Å². The normalized spacial score (nSPS) is 18.1. The number of rotatable bonds is 8. The summed E-state index contributed by atoms with van der Waals surface area (Å²) in [6, 6.07) is 15.9. The van der Waals surface area contributed by atoms with Gasteiger partial charge >= 0.3 is 0 Å². The van der Waals surface area contributed by atoms with Crippen LogP contribution in [0.3, 0.4) is 0 Å². The highest BCUT2D eigenvalue weighted by molar-refractivity contribution is 5.80. The molecule has 2 aromatic carbocycles. The summed E-state index contributed by atoms with van der Waals surface area (Å²) in [6.45, 7) is 4.13. The number of hydrogen-bond donors (Lipinski definition) is 1. The molecule has 0 amide bonds. The van der Waals surface area contributed by atoms with Crippen LogP contribution in [0.2, 0.25) is 0 Å². The van der Waals surface area contributed by atoms with Gasteiger partial charge in [-0.1, -0.05) is 31.4 Å². The van der Waals surface area contributed by atoms with Gasteiger partial charge in [0.05, 0.1) is 26.3 Å². The molecular formula is C30H37N7O3. The minimum atomic E-state index is -0.378. The van der Waals surface area contributed by atoms with Crippen LogP contribution in [-0.2, 0) is 6.54 Å². The number of nitrogens with one attached hydrogen (secondary N) is 1. The van der Waals surface area contributed by atoms with Gasteiger partial charge in [0.2, 0.25) is 0 Å². The molecule has 2 aromatic heterocycles. The van der Waals surface area contributed by atoms with E-state index >= 15 is 0 Å². The second-order valence-electron chi connectivity index (χ2n) is 10.8. The van der Waals surface area contributed by atoms with Crippen LogP contribution in [0.15, 0.2) is 53.3 Å². The highest BCUT2D eigenvalue weighted by Crippen LogP contribution is 2.31. The summed E-state index contributed by atoms with van der Waals surface area (Å²) in [7, 11) is 3.28. The van der Waals surface area contributed by atoms with Crippen molar-refractivity contribution >= 4 is 10.9 Å². The number of tetrazole rings is 1. The average Bonchev–Trinajstić information content (AvgIpc) is 3.46. The standard InChI is InChI=1S/C30H37N7O3/c1-39-24-11-8-21(9-12-24)20-37-29(32-33-34-37)28(36-16-14-35(15-17-36)23-6-4-3-5-7-23)26-18-22-10-13-25(40-2)19-27(22)31-30(26)38/h8-13,18-19,23,28H,3-7,14-17,20H2,1-2H3,(H,31,38). The Hall–Kier alpha value is -3.76. The Labute approximate surface area is 233 Å². The number of aromatic amines is 1. The van der Waals surface area contributed by atoms with Crippen LogP contribution in [0.25, 0.3) is 10.9 Å². The quantitative estimate of drug-likeness (QED) is 0.360. The van der Waals surface area contributed by atoms with E-state index < -0.39 is 0 Å². The third-order valence-electron chi connectivity index (χ3n) is 8.48. The highest BCUT2D eigenvalue weighted by atomic mass is 16.5. The van der Waals surface area contributed by atoms with Gasteiger partial charge in [0, 0.05) is 43.9 Å². The lowest BCUT2D eigenvalue weighted by Gasteiger charge is -2.43. The minimum Gasteiger partial charge on any atom is -0.497 e. The van der Waals surface area contributed by atoms with Crippen molar-refractivity contribution in [3.8, 4) is 11.5 Å². The van der Waals surface area contributed by atoms with Crippen LogP contribution in [0.4, 0.5) is 0 Å². The van der Waals surface area contributed by atoms with Crippen molar-refractivity contribution in [1.29, 1.82) is 0 Å². The molecule has 1 atom stereocenters. The number of nitrogens with zero attached hydrogens (tertiary/aromatic N) is 6. The molecule has 40 heavy (non-hydrogen) atoms. The molecule has 2 aliphatic rings. The number of hydrogen-bond acceptors (Lipinski definition) is 8. The van der Waals surface area contributed by atoms with Gasteiger partial charge in [-0.2, -0.15) is 0 Å². The highest BCUT2D eigenvalue weighted by Gasteiger charge is 2.34. The molecule has 2 fully saturated rings. The Kier molecular flexibility index (Phi) is 7.79. The number of ether oxygens (including phenoxy) is 2. The molecule has 210 valence electrons. The average molecular weight is 544 g/mol. The Morgan fingerprint density at radius 3 is 2.38 bits per heavy atom. The van der Waals surface area contributed by atoms with Crippen LogP contribution < -0.4 is 15.0 Å². The van der Waals surface area contributed by atoms with Gasteiger partial charge in [-0.25, -0.2) is 4.68 Å². The number of benzene rings is 2. The number of aromatic nitrogens is 5. The van der Waals surface area contributed by atoms with Crippen molar-refractivity contribution in [2.75, 3.05) is 40.4 Å². The van der Waals surface area contributed by atoms with Crippen LogP contribution in [0.1, 0.15) is 55.1 Å². The lowest BCUT2D eigenvalue weighted by Crippen LogP contribution is -2.52. The van der Waals surface area contributed by atoms with Gasteiger partial charge in [-0.15, -0.1) is 5.10 Å². The van der Waals surface area contributed by atoms with Crippen LogP contribution in [0, 0.1) is 0 Å². The van der Waals surface area contributed by atoms with E-state index in [1.807, 2.05) is 53.2 Å². The molecule has 0 bridgehead atoms. The summed E-state index contributed by atoms with van der Waals surface area (Å²) < 4.78 is 12.5. The van der Waals surface area contributed by atoms with E-state index in [-0.39, 0.29) is 11.6 Å². The van der Waals surface area contributed by atoms with Crippen molar-refractivity contribution in [2.45, 2.75) is 50.7 Å². The largest absolute Gasteiger partial charge is 0.497 e. The van der Waals surface area contributed by atoms with Crippen LogP contribution in [-0.4, -0.2) is 81.4 Å². The monoisotopic (exact) mass is 543 g/mol. The molecule has 10 nitrogen and oxygen atoms in total. The van der Waals surface area contributed by atoms with Gasteiger partial charge < -0.3 is 14.5 Å². The maximum absolute atomic E-state index is 13.6. The molecule has 4 aromatic rings. The second kappa shape index (κ2) is 11.8. The van der Waals surface area contributed by atoms with Crippen molar-refractivity contribution < 1.29 is 9.47 Å². The van der Waals surface area contributed by atoms with Crippen molar-refractivity contribution in [3.63, 3.8) is 0 Å². The fraction of sp³-hybridized carbons (Fsp3) is 0.467. The Morgan fingerprint density at radius 1 is 0.925 bits per heavy atom. The number of H-pyrrole nitrogens is 1. The first-order chi connectivity index (χ1) is 19.6. The van der Waals surface area contributed by atoms with E-state index in [4.69, 9.17) is 9.47 Å². The number of piperazine rings is 1. The molecule has 1 saturated carbocycles. The van der Waals surface area contributed by atoms with Gasteiger partial charge in [-0.3, -0.25) is 14.6 Å². The third kappa shape index (κ3) is 5.46. The van der Waals surface area contributed by atoms with E-state index in [9.17, 15) is 4.79 Å². The number of fused-ring (bicyclic) bond motifs is 1. The fourth-order valence-electron chi connectivity index (χ4n) is 6.26. The number of methoxy groups -OCH3 is 2. The predicted molar refractivity (Wildman–Crippen MR) is 153 cm³/mol. The maximum atomic E-state index is 13.6. The summed E-state index contributed by atoms with van der Waals surface area (Å²) in [6.07, 6.45) is 6.58. The molecule has 0 spiro atoms. The van der Waals surface area contributed by atoms with Crippen molar-refractivity contribution in [1.82, 2.24) is 35.0 Å². The van der Waals surface area contributed by atoms with Crippen LogP contribution >= 0.6 is 0 Å². The molecule has 1 unspecified atom stereocenters. The fourth-order valence-corrected chi connectivity index (χ4v) is 6.26. The van der Waals surface area contributed by atoms with Gasteiger partial charge in [0.1, 0.15) is 17.5 Å². The summed E-state index contributed by atoms with van der Waals surface area (Å²) >= 11 is 0. The summed E-state index contributed by atoms with van der Waals surface area (Å²) in [5, 5.41) is 13.9. The number of pyridine rings is 1. The molecule has 10 heteroatoms. The molecule has 1 saturated heterocycles. The summed E-state index contributed by atoms with van der Waals surface area (Å²) in [5.41, 5.74) is 2.30. The van der Waals surface area contributed by atoms with Gasteiger partial charge in [0.15, 0.2) is 5.82 Å². The SMILES string of the molecule is COc1ccc(Cn2nnnc2C(c2cc3ccc(OC)cc3[nH]c2=O)N2CCN(C3CCCCC3)CC2)cc1. The summed E-state index contributed by atoms with van der Waals surface area (Å²) in [5.74, 6) is 2.17. The first-order valence-electron chi connectivity index (χ1n) is 14.2. The predicted octanol–water partition coefficient (Wildman–Crippen LogP) is 3.62. The van der Waals surface area contributed by atoms with Crippen LogP contribution in [0.5, 0.6) is 11.5 Å².